The molecule has 0 aromatic heterocycles. The van der Waals surface area contributed by atoms with E-state index in [0.29, 0.717) is 13.0 Å². The van der Waals surface area contributed by atoms with Gasteiger partial charge in [-0.05, 0) is 40.0 Å². The van der Waals surface area contributed by atoms with Crippen LogP contribution in [0.2, 0.25) is 0 Å². The Morgan fingerprint density at radius 3 is 1.97 bits per heavy atom. The Bertz CT molecular complexity index is 616. The Kier molecular flexibility index (Phi) is 12.2. The van der Waals surface area contributed by atoms with Crippen LogP contribution in [0.1, 0.15) is 67.2 Å². The second-order valence-electron chi connectivity index (χ2n) is 9.31. The minimum atomic E-state index is -1.06. The highest BCUT2D eigenvalue weighted by molar-refractivity contribution is 5.89. The highest BCUT2D eigenvalue weighted by Gasteiger charge is 2.39. The van der Waals surface area contributed by atoms with Gasteiger partial charge in [0.25, 0.3) is 0 Å². The summed E-state index contributed by atoms with van der Waals surface area (Å²) in [5.41, 5.74) is -1.66. The summed E-state index contributed by atoms with van der Waals surface area (Å²) in [5.74, 6) is -0.986. The van der Waals surface area contributed by atoms with Crippen LogP contribution >= 0.6 is 0 Å². The molecule has 0 fully saturated rings. The zero-order valence-corrected chi connectivity index (χ0v) is 20.5. The molecule has 3 N–H and O–H groups in total. The largest absolute Gasteiger partial charge is 0.444 e. The van der Waals surface area contributed by atoms with Crippen LogP contribution in [0.25, 0.3) is 0 Å². The zero-order valence-electron chi connectivity index (χ0n) is 20.5. The molecule has 0 aliphatic heterocycles. The third-order valence-electron chi connectivity index (χ3n) is 4.73. The van der Waals surface area contributed by atoms with Gasteiger partial charge in [-0.25, -0.2) is 4.79 Å². The van der Waals surface area contributed by atoms with E-state index in [1.807, 2.05) is 13.8 Å². The molecule has 0 aromatic rings. The van der Waals surface area contributed by atoms with Crippen molar-refractivity contribution >= 4 is 23.8 Å². The number of ether oxygens (including phenoxy) is 1. The minimum absolute atomic E-state index is 0.0183. The molecule has 0 saturated heterocycles. The van der Waals surface area contributed by atoms with Crippen molar-refractivity contribution in [2.75, 3.05) is 33.7 Å². The molecule has 31 heavy (non-hydrogen) atoms. The summed E-state index contributed by atoms with van der Waals surface area (Å²) in [5, 5.41) is 8.17. The Balaban J connectivity index is 5.13. The summed E-state index contributed by atoms with van der Waals surface area (Å²) >= 11 is 0. The Labute approximate surface area is 187 Å². The number of hydrogen-bond donors (Lipinski definition) is 3. The van der Waals surface area contributed by atoms with Crippen LogP contribution in [0.15, 0.2) is 0 Å². The number of hydrogen-bond acceptors (Lipinski definition) is 5. The minimum Gasteiger partial charge on any atom is -0.444 e. The maximum atomic E-state index is 13.0. The molecule has 0 aliphatic carbocycles. The lowest BCUT2D eigenvalue weighted by Gasteiger charge is -2.32. The predicted molar refractivity (Wildman–Crippen MR) is 120 cm³/mol. The first-order chi connectivity index (χ1) is 14.3. The molecule has 9 nitrogen and oxygen atoms in total. The fraction of sp³-hybridized carbons (Fsp3) is 0.818. The number of alkyl carbamates (subject to hydrolysis) is 1. The summed E-state index contributed by atoms with van der Waals surface area (Å²) in [4.78, 5) is 51.2. The number of nitrogens with one attached hydrogen (secondary N) is 3. The zero-order chi connectivity index (χ0) is 24.2. The van der Waals surface area contributed by atoms with Gasteiger partial charge >= 0.3 is 6.09 Å². The summed E-state index contributed by atoms with van der Waals surface area (Å²) in [6.45, 7) is 11.8. The van der Waals surface area contributed by atoms with Gasteiger partial charge in [0.2, 0.25) is 17.7 Å². The van der Waals surface area contributed by atoms with Gasteiger partial charge in [0.1, 0.15) is 5.60 Å². The van der Waals surface area contributed by atoms with Crippen molar-refractivity contribution in [3.63, 3.8) is 0 Å². The lowest BCUT2D eigenvalue weighted by Crippen LogP contribution is -2.47. The highest BCUT2D eigenvalue weighted by Crippen LogP contribution is 2.32. The van der Waals surface area contributed by atoms with E-state index < -0.39 is 17.1 Å². The molecule has 0 aliphatic rings. The highest BCUT2D eigenvalue weighted by atomic mass is 16.6. The van der Waals surface area contributed by atoms with Crippen LogP contribution in [-0.2, 0) is 19.1 Å². The molecule has 0 saturated carbocycles. The standard InChI is InChI=1S/C22H42N4O5/c1-9-11-23-17(27)15-22(6,14-16(10-2)18(28)26(7)8)19(29)24-12-13-25-20(30)31-21(3,4)5/h16H,9-15H2,1-8H3,(H,23,27)(H,24,29)(H,25,30). The quantitative estimate of drug-likeness (QED) is 0.400. The van der Waals surface area contributed by atoms with Crippen LogP contribution in [0.4, 0.5) is 4.79 Å². The number of nitrogens with zero attached hydrogens (tertiary/aromatic N) is 1. The number of carbonyl (C=O) groups excluding carboxylic acids is 4. The second-order valence-corrected chi connectivity index (χ2v) is 9.31. The second kappa shape index (κ2) is 13.2. The van der Waals surface area contributed by atoms with E-state index in [1.54, 1.807) is 41.8 Å². The Hall–Kier alpha value is -2.32. The molecule has 0 aromatic carbocycles. The molecule has 0 radical (unpaired) electrons. The van der Waals surface area contributed by atoms with Gasteiger partial charge in [0, 0.05) is 46.1 Å². The number of rotatable bonds is 12. The summed E-state index contributed by atoms with van der Waals surface area (Å²) < 4.78 is 5.16. The first-order valence-electron chi connectivity index (χ1n) is 11.0. The smallest absolute Gasteiger partial charge is 0.407 e. The van der Waals surface area contributed by atoms with Crippen LogP contribution in [-0.4, -0.2) is 68.0 Å². The molecule has 0 heterocycles. The van der Waals surface area contributed by atoms with Crippen molar-refractivity contribution in [2.45, 2.75) is 72.8 Å². The SMILES string of the molecule is CCCNC(=O)CC(C)(CC(CC)C(=O)N(C)C)C(=O)NCCNC(=O)OC(C)(C)C. The number of carbonyl (C=O) groups is 4. The average Bonchev–Trinajstić information content (AvgIpc) is 2.65. The van der Waals surface area contributed by atoms with Crippen molar-refractivity contribution in [1.82, 2.24) is 20.9 Å². The molecule has 2 unspecified atom stereocenters. The topological polar surface area (TPSA) is 117 Å². The molecule has 0 spiro atoms. The lowest BCUT2D eigenvalue weighted by molar-refractivity contribution is -0.140. The molecular weight excluding hydrogens is 400 g/mol. The maximum Gasteiger partial charge on any atom is 0.407 e. The van der Waals surface area contributed by atoms with Gasteiger partial charge in [0.05, 0.1) is 5.41 Å². The van der Waals surface area contributed by atoms with E-state index >= 15 is 0 Å². The van der Waals surface area contributed by atoms with Crippen molar-refractivity contribution in [1.29, 1.82) is 0 Å². The monoisotopic (exact) mass is 442 g/mol. The van der Waals surface area contributed by atoms with Gasteiger partial charge < -0.3 is 25.6 Å². The third-order valence-corrected chi connectivity index (χ3v) is 4.73. The van der Waals surface area contributed by atoms with Gasteiger partial charge in [-0.3, -0.25) is 14.4 Å². The molecule has 0 bridgehead atoms. The third kappa shape index (κ3) is 11.6. The average molecular weight is 443 g/mol. The molecule has 2 atom stereocenters. The van der Waals surface area contributed by atoms with Crippen LogP contribution in [0, 0.1) is 11.3 Å². The molecular formula is C22H42N4O5. The maximum absolute atomic E-state index is 13.0. The first-order valence-corrected chi connectivity index (χ1v) is 11.0. The van der Waals surface area contributed by atoms with E-state index in [9.17, 15) is 19.2 Å². The Morgan fingerprint density at radius 2 is 1.48 bits per heavy atom. The van der Waals surface area contributed by atoms with Gasteiger partial charge in [-0.15, -0.1) is 0 Å². The fourth-order valence-electron chi connectivity index (χ4n) is 3.11. The normalized spacial score (nSPS) is 14.1. The van der Waals surface area contributed by atoms with Crippen LogP contribution in [0.5, 0.6) is 0 Å². The molecule has 9 heteroatoms. The van der Waals surface area contributed by atoms with Gasteiger partial charge in [0.15, 0.2) is 0 Å². The van der Waals surface area contributed by atoms with E-state index in [0.717, 1.165) is 6.42 Å². The van der Waals surface area contributed by atoms with Gasteiger partial charge in [-0.2, -0.15) is 0 Å². The van der Waals surface area contributed by atoms with Crippen molar-refractivity contribution < 1.29 is 23.9 Å². The summed E-state index contributed by atoms with van der Waals surface area (Å²) in [7, 11) is 3.36. The van der Waals surface area contributed by atoms with E-state index in [-0.39, 0.29) is 49.6 Å². The van der Waals surface area contributed by atoms with Crippen molar-refractivity contribution in [2.24, 2.45) is 11.3 Å². The molecule has 0 rings (SSSR count). The van der Waals surface area contributed by atoms with Gasteiger partial charge in [-0.1, -0.05) is 20.8 Å². The first kappa shape index (κ1) is 28.7. The van der Waals surface area contributed by atoms with Crippen molar-refractivity contribution in [3.05, 3.63) is 0 Å². The summed E-state index contributed by atoms with van der Waals surface area (Å²) in [6.07, 6.45) is 1.03. The van der Waals surface area contributed by atoms with E-state index in [1.165, 1.54) is 4.90 Å². The van der Waals surface area contributed by atoms with E-state index in [2.05, 4.69) is 16.0 Å². The molecule has 180 valence electrons. The predicted octanol–water partition coefficient (Wildman–Crippen LogP) is 2.05. The Morgan fingerprint density at radius 1 is 0.903 bits per heavy atom. The van der Waals surface area contributed by atoms with Crippen molar-refractivity contribution in [3.8, 4) is 0 Å². The molecule has 4 amide bonds. The van der Waals surface area contributed by atoms with Crippen LogP contribution < -0.4 is 16.0 Å². The number of amides is 4. The fourth-order valence-corrected chi connectivity index (χ4v) is 3.11. The summed E-state index contributed by atoms with van der Waals surface area (Å²) in [6, 6.07) is 0. The van der Waals surface area contributed by atoms with E-state index in [4.69, 9.17) is 4.74 Å². The lowest BCUT2D eigenvalue weighted by atomic mass is 9.76. The van der Waals surface area contributed by atoms with Crippen LogP contribution in [0.3, 0.4) is 0 Å².